The Morgan fingerprint density at radius 2 is 1.75 bits per heavy atom. The third-order valence-electron chi connectivity index (χ3n) is 4.02. The first-order chi connectivity index (χ1) is 7.08. The summed E-state index contributed by atoms with van der Waals surface area (Å²) in [4.78, 5) is 0. The van der Waals surface area contributed by atoms with E-state index in [4.69, 9.17) is 0 Å². The number of rotatable bonds is 1. The molecule has 0 radical (unpaired) electrons. The smallest absolute Gasteiger partial charge is 0.161 e. The van der Waals surface area contributed by atoms with Crippen LogP contribution >= 0.6 is 0 Å². The quantitative estimate of drug-likeness (QED) is 0.405. The van der Waals surface area contributed by atoms with E-state index < -0.39 is 9.84 Å². The molecule has 5 heteroatoms. The second-order valence-electron chi connectivity index (χ2n) is 4.84. The SMILES string of the molecule is C=CC1CCCC[N+]12CCS(=O)(=O)CC2.[Cl-]. The second-order valence-corrected chi connectivity index (χ2v) is 7.14. The van der Waals surface area contributed by atoms with E-state index in [-0.39, 0.29) is 12.4 Å². The van der Waals surface area contributed by atoms with E-state index in [1.165, 1.54) is 19.3 Å². The Balaban J connectivity index is 0.00000128. The molecule has 1 spiro atoms. The molecule has 2 aliphatic rings. The third-order valence-corrected chi connectivity index (χ3v) is 5.63. The fraction of sp³-hybridized carbons (Fsp3) is 0.818. The molecule has 0 bridgehead atoms. The van der Waals surface area contributed by atoms with Crippen LogP contribution in [0.2, 0.25) is 0 Å². The molecule has 2 fully saturated rings. The van der Waals surface area contributed by atoms with E-state index in [1.54, 1.807) is 0 Å². The van der Waals surface area contributed by atoms with E-state index in [9.17, 15) is 8.42 Å². The van der Waals surface area contributed by atoms with Crippen LogP contribution in [0, 0.1) is 0 Å². The van der Waals surface area contributed by atoms with Gasteiger partial charge < -0.3 is 16.9 Å². The lowest BCUT2D eigenvalue weighted by atomic mass is 9.98. The van der Waals surface area contributed by atoms with Crippen molar-refractivity contribution in [3.63, 3.8) is 0 Å². The van der Waals surface area contributed by atoms with Crippen molar-refractivity contribution < 1.29 is 25.3 Å². The summed E-state index contributed by atoms with van der Waals surface area (Å²) in [5.41, 5.74) is 0. The Hall–Kier alpha value is -0.0600. The van der Waals surface area contributed by atoms with Gasteiger partial charge in [0.05, 0.1) is 31.1 Å². The molecule has 3 nitrogen and oxygen atoms in total. The van der Waals surface area contributed by atoms with Crippen LogP contribution < -0.4 is 12.4 Å². The number of hydrogen-bond acceptors (Lipinski definition) is 2. The highest BCUT2D eigenvalue weighted by Gasteiger charge is 2.42. The van der Waals surface area contributed by atoms with Gasteiger partial charge in [-0.2, -0.15) is 0 Å². The fourth-order valence-electron chi connectivity index (χ4n) is 2.97. The molecule has 1 atom stereocenters. The molecular formula is C11H20ClNO2S. The minimum Gasteiger partial charge on any atom is -1.00 e. The summed E-state index contributed by atoms with van der Waals surface area (Å²) in [5.74, 6) is 0.745. The normalized spacial score (nSPS) is 31.6. The van der Waals surface area contributed by atoms with Crippen LogP contribution in [-0.4, -0.2) is 50.1 Å². The molecule has 0 aromatic carbocycles. The molecular weight excluding hydrogens is 246 g/mol. The van der Waals surface area contributed by atoms with Gasteiger partial charge in [-0.15, -0.1) is 0 Å². The summed E-state index contributed by atoms with van der Waals surface area (Å²) < 4.78 is 23.9. The van der Waals surface area contributed by atoms with Gasteiger partial charge >= 0.3 is 0 Å². The zero-order valence-electron chi connectivity index (χ0n) is 9.57. The molecule has 0 aliphatic carbocycles. The third kappa shape index (κ3) is 2.60. The van der Waals surface area contributed by atoms with Crippen molar-refractivity contribution in [3.8, 4) is 0 Å². The predicted molar refractivity (Wildman–Crippen MR) is 61.4 cm³/mol. The van der Waals surface area contributed by atoms with Crippen LogP contribution in [0.5, 0.6) is 0 Å². The molecule has 0 aromatic rings. The zero-order chi connectivity index (χ0) is 10.9. The maximum absolute atomic E-state index is 11.4. The van der Waals surface area contributed by atoms with Crippen molar-refractivity contribution in [1.82, 2.24) is 0 Å². The highest BCUT2D eigenvalue weighted by atomic mass is 35.5. The summed E-state index contributed by atoms with van der Waals surface area (Å²) in [6.45, 7) is 6.66. The van der Waals surface area contributed by atoms with Crippen molar-refractivity contribution in [2.24, 2.45) is 0 Å². The van der Waals surface area contributed by atoms with Crippen LogP contribution in [0.1, 0.15) is 19.3 Å². The number of sulfone groups is 1. The van der Waals surface area contributed by atoms with Gasteiger partial charge in [-0.05, 0) is 18.9 Å². The van der Waals surface area contributed by atoms with Gasteiger partial charge in [-0.25, -0.2) is 8.42 Å². The van der Waals surface area contributed by atoms with Crippen molar-refractivity contribution in [2.45, 2.75) is 25.3 Å². The van der Waals surface area contributed by atoms with Crippen molar-refractivity contribution in [1.29, 1.82) is 0 Å². The summed E-state index contributed by atoms with van der Waals surface area (Å²) >= 11 is 0. The van der Waals surface area contributed by atoms with Gasteiger partial charge in [0.25, 0.3) is 0 Å². The number of piperidine rings is 1. The van der Waals surface area contributed by atoms with Crippen LogP contribution in [0.3, 0.4) is 0 Å². The number of hydrogen-bond donors (Lipinski definition) is 0. The molecule has 0 amide bonds. The summed E-state index contributed by atoms with van der Waals surface area (Å²) in [6, 6.07) is 0.495. The molecule has 2 rings (SSSR count). The zero-order valence-corrected chi connectivity index (χ0v) is 11.1. The van der Waals surface area contributed by atoms with Crippen molar-refractivity contribution in [2.75, 3.05) is 31.1 Å². The predicted octanol–water partition coefficient (Wildman–Crippen LogP) is -2.03. The van der Waals surface area contributed by atoms with Gasteiger partial charge in [0, 0.05) is 6.42 Å². The molecule has 1 unspecified atom stereocenters. The molecule has 2 saturated heterocycles. The van der Waals surface area contributed by atoms with Gasteiger partial charge in [-0.3, -0.25) is 0 Å². The Labute approximate surface area is 104 Å². The first-order valence-corrected chi connectivity index (χ1v) is 7.59. The number of quaternary nitrogens is 1. The molecule has 2 heterocycles. The van der Waals surface area contributed by atoms with E-state index in [0.717, 1.165) is 24.1 Å². The number of nitrogens with zero attached hydrogens (tertiary/aromatic N) is 1. The van der Waals surface area contributed by atoms with Gasteiger partial charge in [0.2, 0.25) is 0 Å². The van der Waals surface area contributed by atoms with Crippen LogP contribution in [0.4, 0.5) is 0 Å². The summed E-state index contributed by atoms with van der Waals surface area (Å²) in [7, 11) is -2.74. The van der Waals surface area contributed by atoms with Crippen LogP contribution in [0.15, 0.2) is 12.7 Å². The maximum Gasteiger partial charge on any atom is 0.161 e. The van der Waals surface area contributed by atoms with Gasteiger partial charge in [0.1, 0.15) is 6.04 Å². The lowest BCUT2D eigenvalue weighted by Crippen LogP contribution is -3.00. The van der Waals surface area contributed by atoms with E-state index in [0.29, 0.717) is 17.5 Å². The van der Waals surface area contributed by atoms with Crippen molar-refractivity contribution in [3.05, 3.63) is 12.7 Å². The Morgan fingerprint density at radius 1 is 1.12 bits per heavy atom. The molecule has 2 aliphatic heterocycles. The van der Waals surface area contributed by atoms with Gasteiger partial charge in [-0.1, -0.05) is 6.58 Å². The minimum absolute atomic E-state index is 0. The molecule has 94 valence electrons. The molecule has 16 heavy (non-hydrogen) atoms. The maximum atomic E-state index is 11.4. The highest BCUT2D eigenvalue weighted by molar-refractivity contribution is 7.91. The van der Waals surface area contributed by atoms with Crippen molar-refractivity contribution >= 4 is 9.84 Å². The Kier molecular flexibility index (Phi) is 4.43. The topological polar surface area (TPSA) is 34.1 Å². The van der Waals surface area contributed by atoms with E-state index in [1.807, 2.05) is 6.08 Å². The minimum atomic E-state index is -2.74. The van der Waals surface area contributed by atoms with E-state index in [2.05, 4.69) is 6.58 Å². The van der Waals surface area contributed by atoms with Crippen LogP contribution in [-0.2, 0) is 9.84 Å². The summed E-state index contributed by atoms with van der Waals surface area (Å²) in [5, 5.41) is 0. The first-order valence-electron chi connectivity index (χ1n) is 5.77. The Bertz CT molecular complexity index is 339. The number of halogens is 1. The van der Waals surface area contributed by atoms with Gasteiger partial charge in [0.15, 0.2) is 9.84 Å². The largest absolute Gasteiger partial charge is 1.00 e. The fourth-order valence-corrected chi connectivity index (χ4v) is 4.46. The second kappa shape index (κ2) is 5.07. The molecule has 0 saturated carbocycles. The standard InChI is InChI=1S/C11H20NO2S.ClH/c1-2-11-5-3-4-6-12(11)7-9-15(13,14)10-8-12;/h2,11H,1,3-10H2;1H/q+1;/p-1. The highest BCUT2D eigenvalue weighted by Crippen LogP contribution is 2.29. The first kappa shape index (κ1) is 14.0. The van der Waals surface area contributed by atoms with Crippen LogP contribution in [0.25, 0.3) is 0 Å². The summed E-state index contributed by atoms with van der Waals surface area (Å²) in [6.07, 6.45) is 5.73. The molecule has 0 aromatic heterocycles. The molecule has 0 N–H and O–H groups in total. The Morgan fingerprint density at radius 3 is 2.31 bits per heavy atom. The monoisotopic (exact) mass is 265 g/mol. The van der Waals surface area contributed by atoms with E-state index >= 15 is 0 Å². The average molecular weight is 266 g/mol. The average Bonchev–Trinajstić information content (AvgIpc) is 2.24. The lowest BCUT2D eigenvalue weighted by molar-refractivity contribution is -0.946. The lowest BCUT2D eigenvalue weighted by Gasteiger charge is -2.48.